The largest absolute Gasteiger partial charge is 0.297 e. The Balaban J connectivity index is 2.72. The Bertz CT molecular complexity index is 265. The van der Waals surface area contributed by atoms with E-state index in [0.29, 0.717) is 0 Å². The lowest BCUT2D eigenvalue weighted by Gasteiger charge is -1.79. The molecule has 0 fully saturated rings. The minimum absolute atomic E-state index is 0.777. The summed E-state index contributed by atoms with van der Waals surface area (Å²) in [6.07, 6.45) is 4.85. The molecule has 0 radical (unpaired) electrons. The van der Waals surface area contributed by atoms with Crippen molar-refractivity contribution in [1.29, 1.82) is 0 Å². The number of carbonyl (C=O) groups is 1. The second kappa shape index (κ2) is 4.46. The van der Waals surface area contributed by atoms with Crippen molar-refractivity contribution >= 4 is 39.6 Å². The summed E-state index contributed by atoms with van der Waals surface area (Å²) in [7, 11) is 0. The summed E-state index contributed by atoms with van der Waals surface area (Å²) in [5, 5.41) is 2.81. The standard InChI is InChI=1S/C8H7BrOS/c9-3-1-2-7-4-8(5-10)11-6-7/h1-2,4-6H,3H2. The molecule has 58 valence electrons. The minimum Gasteiger partial charge on any atom is -0.297 e. The molecule has 1 aromatic heterocycles. The van der Waals surface area contributed by atoms with E-state index in [1.54, 1.807) is 0 Å². The molecule has 1 nitrogen and oxygen atoms in total. The lowest BCUT2D eigenvalue weighted by molar-refractivity contribution is 0.112. The maximum Gasteiger partial charge on any atom is 0.160 e. The molecular weight excluding hydrogens is 224 g/mol. The Hall–Kier alpha value is -0.410. The van der Waals surface area contributed by atoms with Crippen molar-refractivity contribution in [3.8, 4) is 0 Å². The van der Waals surface area contributed by atoms with E-state index in [2.05, 4.69) is 15.9 Å². The molecule has 0 bridgehead atoms. The molecule has 0 saturated carbocycles. The minimum atomic E-state index is 0.777. The Morgan fingerprint density at radius 1 is 1.64 bits per heavy atom. The predicted octanol–water partition coefficient (Wildman–Crippen LogP) is 2.97. The zero-order valence-corrected chi connectivity index (χ0v) is 8.19. The lowest BCUT2D eigenvalue weighted by atomic mass is 10.3. The smallest absolute Gasteiger partial charge is 0.160 e. The Kier molecular flexibility index (Phi) is 3.52. The number of allylic oxidation sites excluding steroid dienone is 1. The van der Waals surface area contributed by atoms with Crippen LogP contribution in [0.4, 0.5) is 0 Å². The first-order valence-corrected chi connectivity index (χ1v) is 5.13. The maximum atomic E-state index is 10.3. The molecule has 0 unspecified atom stereocenters. The molecule has 0 aliphatic rings. The van der Waals surface area contributed by atoms with Crippen LogP contribution in [0.5, 0.6) is 0 Å². The van der Waals surface area contributed by atoms with E-state index in [1.807, 2.05) is 23.6 Å². The first-order chi connectivity index (χ1) is 5.36. The van der Waals surface area contributed by atoms with Gasteiger partial charge in [0, 0.05) is 5.33 Å². The van der Waals surface area contributed by atoms with Gasteiger partial charge in [-0.05, 0) is 17.0 Å². The van der Waals surface area contributed by atoms with Gasteiger partial charge in [0.25, 0.3) is 0 Å². The average Bonchev–Trinajstić information content (AvgIpc) is 2.48. The molecule has 0 saturated heterocycles. The molecule has 3 heteroatoms. The summed E-state index contributed by atoms with van der Waals surface area (Å²) >= 11 is 4.74. The number of aldehydes is 1. The van der Waals surface area contributed by atoms with Gasteiger partial charge < -0.3 is 0 Å². The molecule has 0 amide bonds. The van der Waals surface area contributed by atoms with Crippen LogP contribution in [-0.2, 0) is 0 Å². The van der Waals surface area contributed by atoms with Gasteiger partial charge in [-0.2, -0.15) is 0 Å². The molecule has 0 aliphatic carbocycles. The van der Waals surface area contributed by atoms with Gasteiger partial charge in [0.1, 0.15) is 0 Å². The molecule has 0 aliphatic heterocycles. The molecule has 0 spiro atoms. The van der Waals surface area contributed by atoms with Crippen LogP contribution in [0.1, 0.15) is 15.2 Å². The number of halogens is 1. The third-order valence-electron chi connectivity index (χ3n) is 1.16. The topological polar surface area (TPSA) is 17.1 Å². The fraction of sp³-hybridized carbons (Fsp3) is 0.125. The van der Waals surface area contributed by atoms with E-state index in [4.69, 9.17) is 0 Å². The van der Waals surface area contributed by atoms with Gasteiger partial charge in [-0.3, -0.25) is 4.79 Å². The predicted molar refractivity (Wildman–Crippen MR) is 52.5 cm³/mol. The van der Waals surface area contributed by atoms with Crippen molar-refractivity contribution in [2.75, 3.05) is 5.33 Å². The van der Waals surface area contributed by atoms with E-state index >= 15 is 0 Å². The summed E-state index contributed by atoms with van der Waals surface area (Å²) in [6, 6.07) is 1.87. The second-order valence-electron chi connectivity index (χ2n) is 1.96. The quantitative estimate of drug-likeness (QED) is 0.577. The fourth-order valence-corrected chi connectivity index (χ4v) is 1.56. The van der Waals surface area contributed by atoms with Crippen molar-refractivity contribution in [2.24, 2.45) is 0 Å². The first kappa shape index (κ1) is 8.68. The van der Waals surface area contributed by atoms with Crippen LogP contribution in [0.25, 0.3) is 6.08 Å². The van der Waals surface area contributed by atoms with Gasteiger partial charge >= 0.3 is 0 Å². The van der Waals surface area contributed by atoms with Gasteiger partial charge in [-0.15, -0.1) is 11.3 Å². The SMILES string of the molecule is O=Cc1cc(C=CCBr)cs1. The van der Waals surface area contributed by atoms with Crippen molar-refractivity contribution in [3.05, 3.63) is 28.0 Å². The molecule has 1 aromatic rings. The maximum absolute atomic E-state index is 10.3. The Morgan fingerprint density at radius 3 is 3.00 bits per heavy atom. The van der Waals surface area contributed by atoms with Crippen molar-refractivity contribution in [3.63, 3.8) is 0 Å². The van der Waals surface area contributed by atoms with E-state index in [1.165, 1.54) is 11.3 Å². The molecule has 1 rings (SSSR count). The van der Waals surface area contributed by atoms with Crippen molar-refractivity contribution in [1.82, 2.24) is 0 Å². The van der Waals surface area contributed by atoms with E-state index < -0.39 is 0 Å². The highest BCUT2D eigenvalue weighted by atomic mass is 79.9. The number of rotatable bonds is 3. The molecule has 0 aromatic carbocycles. The van der Waals surface area contributed by atoms with Gasteiger partial charge in [0.05, 0.1) is 4.88 Å². The number of thiophene rings is 1. The van der Waals surface area contributed by atoms with Crippen LogP contribution in [0.2, 0.25) is 0 Å². The zero-order chi connectivity index (χ0) is 8.10. The van der Waals surface area contributed by atoms with Crippen LogP contribution >= 0.6 is 27.3 Å². The third kappa shape index (κ3) is 2.60. The average molecular weight is 231 g/mol. The number of hydrogen-bond acceptors (Lipinski definition) is 2. The highest BCUT2D eigenvalue weighted by Gasteiger charge is 1.93. The summed E-state index contributed by atoms with van der Waals surface area (Å²) < 4.78 is 0. The Morgan fingerprint density at radius 2 is 2.45 bits per heavy atom. The normalized spacial score (nSPS) is 10.6. The summed E-state index contributed by atoms with van der Waals surface area (Å²) in [4.78, 5) is 11.0. The van der Waals surface area contributed by atoms with Crippen LogP contribution < -0.4 is 0 Å². The Labute approximate surface area is 77.9 Å². The van der Waals surface area contributed by atoms with Crippen molar-refractivity contribution < 1.29 is 4.79 Å². The molecule has 0 atom stereocenters. The van der Waals surface area contributed by atoms with Crippen LogP contribution in [0.15, 0.2) is 17.5 Å². The van der Waals surface area contributed by atoms with Gasteiger partial charge in [0.15, 0.2) is 6.29 Å². The zero-order valence-electron chi connectivity index (χ0n) is 5.79. The van der Waals surface area contributed by atoms with E-state index in [0.717, 1.165) is 22.1 Å². The summed E-state index contributed by atoms with van der Waals surface area (Å²) in [5.41, 5.74) is 1.09. The van der Waals surface area contributed by atoms with E-state index in [9.17, 15) is 4.79 Å². The highest BCUT2D eigenvalue weighted by Crippen LogP contribution is 2.13. The van der Waals surface area contributed by atoms with Crippen LogP contribution in [0.3, 0.4) is 0 Å². The number of carbonyl (C=O) groups excluding carboxylic acids is 1. The molecular formula is C8H7BrOS. The molecule has 0 N–H and O–H groups in total. The van der Waals surface area contributed by atoms with Gasteiger partial charge in [-0.1, -0.05) is 28.1 Å². The molecule has 1 heterocycles. The fourth-order valence-electron chi connectivity index (χ4n) is 0.698. The molecule has 11 heavy (non-hydrogen) atoms. The number of hydrogen-bond donors (Lipinski definition) is 0. The van der Waals surface area contributed by atoms with Crippen LogP contribution in [0, 0.1) is 0 Å². The summed E-state index contributed by atoms with van der Waals surface area (Å²) in [6.45, 7) is 0. The number of alkyl halides is 1. The summed E-state index contributed by atoms with van der Waals surface area (Å²) in [5.74, 6) is 0. The van der Waals surface area contributed by atoms with E-state index in [-0.39, 0.29) is 0 Å². The van der Waals surface area contributed by atoms with Gasteiger partial charge in [-0.25, -0.2) is 0 Å². The first-order valence-electron chi connectivity index (χ1n) is 3.13. The lowest BCUT2D eigenvalue weighted by Crippen LogP contribution is -1.66. The second-order valence-corrected chi connectivity index (χ2v) is 3.55. The monoisotopic (exact) mass is 230 g/mol. The van der Waals surface area contributed by atoms with Crippen molar-refractivity contribution in [2.45, 2.75) is 0 Å². The van der Waals surface area contributed by atoms with Crippen LogP contribution in [-0.4, -0.2) is 11.6 Å². The van der Waals surface area contributed by atoms with Gasteiger partial charge in [0.2, 0.25) is 0 Å². The third-order valence-corrected chi connectivity index (χ3v) is 2.41. The highest BCUT2D eigenvalue weighted by molar-refractivity contribution is 9.09.